The van der Waals surface area contributed by atoms with Crippen molar-refractivity contribution in [3.8, 4) is 17.6 Å². The van der Waals surface area contributed by atoms with Crippen molar-refractivity contribution in [1.82, 2.24) is 4.98 Å². The van der Waals surface area contributed by atoms with Gasteiger partial charge >= 0.3 is 0 Å². The SMILES string of the molecule is Nc1nc2c(O)cc(C#CCNc3ccccc3N)cc2s1. The van der Waals surface area contributed by atoms with Crippen LogP contribution in [0.1, 0.15) is 5.56 Å². The topological polar surface area (TPSA) is 97.2 Å². The van der Waals surface area contributed by atoms with E-state index in [9.17, 15) is 5.11 Å². The molecule has 0 amide bonds. The van der Waals surface area contributed by atoms with Crippen molar-refractivity contribution in [2.75, 3.05) is 23.3 Å². The lowest BCUT2D eigenvalue weighted by atomic mass is 10.2. The number of anilines is 3. The summed E-state index contributed by atoms with van der Waals surface area (Å²) in [6, 6.07) is 11.0. The summed E-state index contributed by atoms with van der Waals surface area (Å²) in [4.78, 5) is 4.07. The normalized spacial score (nSPS) is 10.2. The van der Waals surface area contributed by atoms with Crippen LogP contribution in [0.25, 0.3) is 10.2 Å². The smallest absolute Gasteiger partial charge is 0.181 e. The van der Waals surface area contributed by atoms with Crippen molar-refractivity contribution in [1.29, 1.82) is 0 Å². The largest absolute Gasteiger partial charge is 0.506 e. The Morgan fingerprint density at radius 3 is 2.86 bits per heavy atom. The van der Waals surface area contributed by atoms with Gasteiger partial charge in [-0.1, -0.05) is 35.3 Å². The van der Waals surface area contributed by atoms with Crippen molar-refractivity contribution in [2.45, 2.75) is 0 Å². The van der Waals surface area contributed by atoms with Gasteiger partial charge in [-0.2, -0.15) is 0 Å². The molecule has 1 aromatic heterocycles. The summed E-state index contributed by atoms with van der Waals surface area (Å²) in [6.07, 6.45) is 0. The van der Waals surface area contributed by atoms with Crippen molar-refractivity contribution in [3.63, 3.8) is 0 Å². The number of fused-ring (bicyclic) bond motifs is 1. The molecule has 6 heteroatoms. The number of benzene rings is 2. The third-order valence-corrected chi connectivity index (χ3v) is 3.88. The van der Waals surface area contributed by atoms with Crippen LogP contribution in [0.4, 0.5) is 16.5 Å². The lowest BCUT2D eigenvalue weighted by molar-refractivity contribution is 0.480. The Hall–Kier alpha value is -2.91. The first-order valence-corrected chi connectivity index (χ1v) is 7.41. The van der Waals surface area contributed by atoms with Crippen LogP contribution >= 0.6 is 11.3 Å². The van der Waals surface area contributed by atoms with Crippen LogP contribution in [0.5, 0.6) is 5.75 Å². The zero-order valence-electron chi connectivity index (χ0n) is 11.6. The van der Waals surface area contributed by atoms with E-state index >= 15 is 0 Å². The van der Waals surface area contributed by atoms with Crippen LogP contribution in [-0.4, -0.2) is 16.6 Å². The molecule has 0 spiro atoms. The fraction of sp³-hybridized carbons (Fsp3) is 0.0625. The van der Waals surface area contributed by atoms with Crippen LogP contribution in [0, 0.1) is 11.8 Å². The maximum Gasteiger partial charge on any atom is 0.181 e. The number of nitrogens with zero attached hydrogens (tertiary/aromatic N) is 1. The quantitative estimate of drug-likeness (QED) is 0.431. The first kappa shape index (κ1) is 14.0. The second-order valence-electron chi connectivity index (χ2n) is 4.64. The van der Waals surface area contributed by atoms with Crippen molar-refractivity contribution in [2.24, 2.45) is 0 Å². The van der Waals surface area contributed by atoms with Gasteiger partial charge in [0.05, 0.1) is 22.6 Å². The highest BCUT2D eigenvalue weighted by atomic mass is 32.1. The lowest BCUT2D eigenvalue weighted by Gasteiger charge is -2.04. The molecule has 0 unspecified atom stereocenters. The van der Waals surface area contributed by atoms with Gasteiger partial charge in [0.2, 0.25) is 0 Å². The van der Waals surface area contributed by atoms with Gasteiger partial charge in [-0.05, 0) is 24.3 Å². The molecule has 0 bridgehead atoms. The van der Waals surface area contributed by atoms with Crippen LogP contribution in [-0.2, 0) is 0 Å². The number of phenolic OH excluding ortho intramolecular Hbond substituents is 1. The van der Waals surface area contributed by atoms with Crippen LogP contribution in [0.2, 0.25) is 0 Å². The molecule has 0 saturated carbocycles. The number of nitrogens with two attached hydrogens (primary N) is 2. The van der Waals surface area contributed by atoms with Gasteiger partial charge < -0.3 is 21.9 Å². The maximum absolute atomic E-state index is 9.92. The van der Waals surface area contributed by atoms with Crippen molar-refractivity contribution < 1.29 is 5.11 Å². The van der Waals surface area contributed by atoms with Gasteiger partial charge in [0, 0.05) is 5.56 Å². The van der Waals surface area contributed by atoms with E-state index in [1.807, 2.05) is 30.3 Å². The monoisotopic (exact) mass is 310 g/mol. The van der Waals surface area contributed by atoms with Gasteiger partial charge in [-0.3, -0.25) is 0 Å². The van der Waals surface area contributed by atoms with E-state index in [1.165, 1.54) is 11.3 Å². The lowest BCUT2D eigenvalue weighted by Crippen LogP contribution is -2.01. The van der Waals surface area contributed by atoms with E-state index < -0.39 is 0 Å². The Morgan fingerprint density at radius 1 is 1.23 bits per heavy atom. The Balaban J connectivity index is 1.75. The number of nitrogen functional groups attached to an aromatic ring is 2. The minimum absolute atomic E-state index is 0.0926. The molecule has 0 radical (unpaired) electrons. The van der Waals surface area contributed by atoms with Gasteiger partial charge in [-0.15, -0.1) is 0 Å². The van der Waals surface area contributed by atoms with E-state index in [0.29, 0.717) is 22.9 Å². The van der Waals surface area contributed by atoms with E-state index in [4.69, 9.17) is 11.5 Å². The van der Waals surface area contributed by atoms with Crippen LogP contribution in [0.15, 0.2) is 36.4 Å². The Morgan fingerprint density at radius 2 is 2.05 bits per heavy atom. The number of rotatable bonds is 2. The van der Waals surface area contributed by atoms with Crippen LogP contribution < -0.4 is 16.8 Å². The maximum atomic E-state index is 9.92. The Bertz CT molecular complexity index is 892. The molecule has 0 saturated heterocycles. The average Bonchev–Trinajstić information content (AvgIpc) is 2.86. The van der Waals surface area contributed by atoms with Gasteiger partial charge in [-0.25, -0.2) is 4.98 Å². The molecule has 0 atom stereocenters. The summed E-state index contributed by atoms with van der Waals surface area (Å²) in [5.74, 6) is 6.10. The number of hydrogen-bond acceptors (Lipinski definition) is 6. The van der Waals surface area contributed by atoms with Gasteiger partial charge in [0.25, 0.3) is 0 Å². The molecule has 6 N–H and O–H groups in total. The number of hydrogen-bond donors (Lipinski definition) is 4. The number of nitrogens with one attached hydrogen (secondary N) is 1. The summed E-state index contributed by atoms with van der Waals surface area (Å²) < 4.78 is 0.821. The highest BCUT2D eigenvalue weighted by Gasteiger charge is 2.07. The molecule has 1 heterocycles. The van der Waals surface area contributed by atoms with Crippen molar-refractivity contribution >= 4 is 38.1 Å². The van der Waals surface area contributed by atoms with E-state index in [2.05, 4.69) is 22.1 Å². The predicted molar refractivity (Wildman–Crippen MR) is 91.9 cm³/mol. The molecule has 0 fully saturated rings. The summed E-state index contributed by atoms with van der Waals surface area (Å²) in [6.45, 7) is 0.456. The molecule has 3 rings (SSSR count). The van der Waals surface area contributed by atoms with Crippen LogP contribution in [0.3, 0.4) is 0 Å². The highest BCUT2D eigenvalue weighted by Crippen LogP contribution is 2.31. The minimum atomic E-state index is 0.0926. The minimum Gasteiger partial charge on any atom is -0.506 e. The molecular formula is C16H14N4OS. The summed E-state index contributed by atoms with van der Waals surface area (Å²) in [5.41, 5.74) is 14.3. The first-order chi connectivity index (χ1) is 10.6. The molecule has 2 aromatic carbocycles. The number of thiazole rings is 1. The summed E-state index contributed by atoms with van der Waals surface area (Å²) in [5, 5.41) is 13.5. The second kappa shape index (κ2) is 5.84. The zero-order chi connectivity index (χ0) is 15.5. The van der Waals surface area contributed by atoms with Crippen molar-refractivity contribution in [3.05, 3.63) is 42.0 Å². The third-order valence-electron chi connectivity index (χ3n) is 3.05. The second-order valence-corrected chi connectivity index (χ2v) is 5.70. The van der Waals surface area contributed by atoms with E-state index in [-0.39, 0.29) is 5.75 Å². The number of para-hydroxylation sites is 2. The summed E-state index contributed by atoms with van der Waals surface area (Å²) >= 11 is 1.33. The molecule has 110 valence electrons. The number of aromatic nitrogens is 1. The molecular weight excluding hydrogens is 296 g/mol. The number of aromatic hydroxyl groups is 1. The predicted octanol–water partition coefficient (Wildman–Crippen LogP) is 2.63. The fourth-order valence-electron chi connectivity index (χ4n) is 2.04. The zero-order valence-corrected chi connectivity index (χ0v) is 12.4. The molecule has 0 aliphatic rings. The highest BCUT2D eigenvalue weighted by molar-refractivity contribution is 7.22. The Labute approximate surface area is 131 Å². The van der Waals surface area contributed by atoms with Gasteiger partial charge in [0.15, 0.2) is 5.13 Å². The average molecular weight is 310 g/mol. The fourth-order valence-corrected chi connectivity index (χ4v) is 2.84. The van der Waals surface area contributed by atoms with E-state index in [1.54, 1.807) is 6.07 Å². The molecule has 3 aromatic rings. The van der Waals surface area contributed by atoms with Gasteiger partial charge in [0.1, 0.15) is 11.3 Å². The molecule has 0 aliphatic heterocycles. The number of phenols is 1. The first-order valence-electron chi connectivity index (χ1n) is 6.60. The Kier molecular flexibility index (Phi) is 3.73. The molecule has 0 aliphatic carbocycles. The standard InChI is InChI=1S/C16H14N4OS/c17-11-5-1-2-6-12(11)19-7-3-4-10-8-13(21)15-14(9-10)22-16(18)20-15/h1-2,5-6,8-9,19,21H,7,17H2,(H2,18,20). The molecule has 22 heavy (non-hydrogen) atoms. The summed E-state index contributed by atoms with van der Waals surface area (Å²) in [7, 11) is 0. The third kappa shape index (κ3) is 2.90. The molecule has 5 nitrogen and oxygen atoms in total. The van der Waals surface area contributed by atoms with E-state index in [0.717, 1.165) is 16.0 Å².